The van der Waals surface area contributed by atoms with Gasteiger partial charge in [-0.2, -0.15) is 9.57 Å². The van der Waals surface area contributed by atoms with E-state index in [0.717, 1.165) is 0 Å². The molecule has 1 aromatic heterocycles. The van der Waals surface area contributed by atoms with Gasteiger partial charge < -0.3 is 10.1 Å². The van der Waals surface area contributed by atoms with Crippen molar-refractivity contribution in [2.75, 3.05) is 31.6 Å². The quantitative estimate of drug-likeness (QED) is 0.865. The van der Waals surface area contributed by atoms with Crippen LogP contribution in [0.15, 0.2) is 23.2 Å². The first-order valence-corrected chi connectivity index (χ1v) is 7.73. The molecule has 0 saturated carbocycles. The van der Waals surface area contributed by atoms with Gasteiger partial charge >= 0.3 is 0 Å². The Bertz CT molecular complexity index is 611. The van der Waals surface area contributed by atoms with Crippen LogP contribution >= 0.6 is 0 Å². The van der Waals surface area contributed by atoms with Crippen LogP contribution in [0.1, 0.15) is 6.92 Å². The fourth-order valence-corrected chi connectivity index (χ4v) is 3.36. The number of nitrogens with one attached hydrogen (secondary N) is 1. The Morgan fingerprint density at radius 1 is 1.65 bits per heavy atom. The minimum absolute atomic E-state index is 0.0533. The van der Waals surface area contributed by atoms with Crippen molar-refractivity contribution in [2.24, 2.45) is 0 Å². The Morgan fingerprint density at radius 3 is 3.15 bits per heavy atom. The second-order valence-electron chi connectivity index (χ2n) is 4.26. The highest BCUT2D eigenvalue weighted by atomic mass is 32.2. The van der Waals surface area contributed by atoms with Crippen LogP contribution in [-0.4, -0.2) is 50.1 Å². The third-order valence-corrected chi connectivity index (χ3v) is 4.76. The van der Waals surface area contributed by atoms with Gasteiger partial charge in [-0.3, -0.25) is 0 Å². The third-order valence-electron chi connectivity index (χ3n) is 2.90. The van der Waals surface area contributed by atoms with Crippen molar-refractivity contribution < 1.29 is 13.2 Å². The van der Waals surface area contributed by atoms with Gasteiger partial charge in [-0.25, -0.2) is 13.4 Å². The van der Waals surface area contributed by atoms with Crippen molar-refractivity contribution in [2.45, 2.75) is 17.9 Å². The lowest BCUT2D eigenvalue weighted by Crippen LogP contribution is -2.45. The molecule has 0 aromatic carbocycles. The maximum atomic E-state index is 12.5. The van der Waals surface area contributed by atoms with Crippen LogP contribution < -0.4 is 5.32 Å². The van der Waals surface area contributed by atoms with Crippen LogP contribution in [0.3, 0.4) is 0 Å². The number of ether oxygens (including phenoxy) is 1. The van der Waals surface area contributed by atoms with E-state index in [9.17, 15) is 8.42 Å². The Balaban J connectivity index is 2.25. The van der Waals surface area contributed by atoms with Crippen molar-refractivity contribution in [1.29, 1.82) is 5.26 Å². The highest BCUT2D eigenvalue weighted by Gasteiger charge is 2.30. The SMILES string of the molecule is CCNc1cc(S(=O)(=O)N2CCOC(C#N)C2)ccn1. The van der Waals surface area contributed by atoms with Gasteiger partial charge in [-0.05, 0) is 13.0 Å². The predicted molar refractivity (Wildman–Crippen MR) is 72.5 cm³/mol. The van der Waals surface area contributed by atoms with Gasteiger partial charge in [-0.15, -0.1) is 0 Å². The zero-order chi connectivity index (χ0) is 14.6. The first kappa shape index (κ1) is 14.7. The number of pyridine rings is 1. The Morgan fingerprint density at radius 2 is 2.45 bits per heavy atom. The first-order valence-electron chi connectivity index (χ1n) is 6.29. The molecule has 108 valence electrons. The largest absolute Gasteiger partial charge is 0.370 e. The number of anilines is 1. The van der Waals surface area contributed by atoms with Gasteiger partial charge in [-0.1, -0.05) is 0 Å². The van der Waals surface area contributed by atoms with Gasteiger partial charge in [0.2, 0.25) is 10.0 Å². The summed E-state index contributed by atoms with van der Waals surface area (Å²) in [5.41, 5.74) is 0. The molecule has 1 aromatic rings. The number of morpholine rings is 1. The van der Waals surface area contributed by atoms with E-state index in [0.29, 0.717) is 12.4 Å². The summed E-state index contributed by atoms with van der Waals surface area (Å²) in [5, 5.41) is 11.8. The fourth-order valence-electron chi connectivity index (χ4n) is 1.92. The molecule has 1 fully saturated rings. The first-order chi connectivity index (χ1) is 9.57. The molecule has 0 amide bonds. The molecule has 1 saturated heterocycles. The van der Waals surface area contributed by atoms with E-state index < -0.39 is 16.1 Å². The molecule has 1 atom stereocenters. The lowest BCUT2D eigenvalue weighted by molar-refractivity contribution is 0.0311. The molecule has 0 radical (unpaired) electrons. The molecule has 1 aliphatic heterocycles. The summed E-state index contributed by atoms with van der Waals surface area (Å²) in [4.78, 5) is 4.22. The molecule has 2 heterocycles. The summed E-state index contributed by atoms with van der Waals surface area (Å²) < 4.78 is 31.5. The summed E-state index contributed by atoms with van der Waals surface area (Å²) in [6, 6.07) is 4.88. The van der Waals surface area contributed by atoms with Crippen LogP contribution in [0.4, 0.5) is 5.82 Å². The summed E-state index contributed by atoms with van der Waals surface area (Å²) in [6.45, 7) is 3.09. The number of nitriles is 1. The van der Waals surface area contributed by atoms with Crippen molar-refractivity contribution >= 4 is 15.8 Å². The van der Waals surface area contributed by atoms with Crippen LogP contribution in [0, 0.1) is 11.3 Å². The molecular formula is C12H16N4O3S. The van der Waals surface area contributed by atoms with Crippen molar-refractivity contribution in [3.63, 3.8) is 0 Å². The molecule has 1 aliphatic rings. The molecule has 8 heteroatoms. The number of hydrogen-bond acceptors (Lipinski definition) is 6. The number of hydrogen-bond donors (Lipinski definition) is 1. The van der Waals surface area contributed by atoms with E-state index in [2.05, 4.69) is 10.3 Å². The Labute approximate surface area is 118 Å². The van der Waals surface area contributed by atoms with E-state index in [1.54, 1.807) is 0 Å². The third kappa shape index (κ3) is 3.07. The second kappa shape index (κ2) is 6.17. The summed E-state index contributed by atoms with van der Waals surface area (Å²) in [6.07, 6.45) is 0.737. The molecule has 2 rings (SSSR count). The summed E-state index contributed by atoms with van der Waals surface area (Å²) in [5.74, 6) is 0.513. The van der Waals surface area contributed by atoms with Crippen LogP contribution in [0.25, 0.3) is 0 Å². The Hall–Kier alpha value is -1.69. The summed E-state index contributed by atoms with van der Waals surface area (Å²) in [7, 11) is -3.62. The van der Waals surface area contributed by atoms with Crippen molar-refractivity contribution in [1.82, 2.24) is 9.29 Å². The van der Waals surface area contributed by atoms with Crippen LogP contribution in [-0.2, 0) is 14.8 Å². The zero-order valence-corrected chi connectivity index (χ0v) is 11.9. The van der Waals surface area contributed by atoms with E-state index in [1.165, 1.54) is 22.6 Å². The monoisotopic (exact) mass is 296 g/mol. The Kier molecular flexibility index (Phi) is 4.54. The minimum atomic E-state index is -3.62. The molecule has 0 aliphatic carbocycles. The van der Waals surface area contributed by atoms with Gasteiger partial charge in [0.25, 0.3) is 0 Å². The highest BCUT2D eigenvalue weighted by molar-refractivity contribution is 7.89. The average molecular weight is 296 g/mol. The lowest BCUT2D eigenvalue weighted by Gasteiger charge is -2.28. The van der Waals surface area contributed by atoms with Gasteiger partial charge in [0, 0.05) is 25.4 Å². The number of aromatic nitrogens is 1. The molecule has 0 bridgehead atoms. The van der Waals surface area contributed by atoms with Crippen molar-refractivity contribution in [3.8, 4) is 6.07 Å². The molecule has 0 spiro atoms. The van der Waals surface area contributed by atoms with Crippen molar-refractivity contribution in [3.05, 3.63) is 18.3 Å². The number of sulfonamides is 1. The molecule has 1 N–H and O–H groups in total. The summed E-state index contributed by atoms with van der Waals surface area (Å²) >= 11 is 0. The predicted octanol–water partition coefficient (Wildman–Crippen LogP) is 0.426. The van der Waals surface area contributed by atoms with Gasteiger partial charge in [0.05, 0.1) is 24.1 Å². The van der Waals surface area contributed by atoms with Crippen LogP contribution in [0.2, 0.25) is 0 Å². The van der Waals surface area contributed by atoms with E-state index in [4.69, 9.17) is 10.00 Å². The molecule has 1 unspecified atom stereocenters. The standard InChI is InChI=1S/C12H16N4O3S/c1-2-14-12-7-11(3-4-15-12)20(17,18)16-5-6-19-10(8-13)9-16/h3-4,7,10H,2,5-6,9H2,1H3,(H,14,15). The van der Waals surface area contributed by atoms with Crippen LogP contribution in [0.5, 0.6) is 0 Å². The number of nitrogens with zero attached hydrogens (tertiary/aromatic N) is 3. The smallest absolute Gasteiger partial charge is 0.243 e. The van der Waals surface area contributed by atoms with E-state index in [-0.39, 0.29) is 24.6 Å². The molecule has 20 heavy (non-hydrogen) atoms. The zero-order valence-electron chi connectivity index (χ0n) is 11.1. The number of rotatable bonds is 4. The molecular weight excluding hydrogens is 280 g/mol. The van der Waals surface area contributed by atoms with Gasteiger partial charge in [0.15, 0.2) is 6.10 Å². The second-order valence-corrected chi connectivity index (χ2v) is 6.20. The lowest BCUT2D eigenvalue weighted by atomic mass is 10.3. The van der Waals surface area contributed by atoms with E-state index in [1.807, 2.05) is 13.0 Å². The van der Waals surface area contributed by atoms with Gasteiger partial charge in [0.1, 0.15) is 5.82 Å². The maximum Gasteiger partial charge on any atom is 0.243 e. The highest BCUT2D eigenvalue weighted by Crippen LogP contribution is 2.20. The molecule has 7 nitrogen and oxygen atoms in total. The minimum Gasteiger partial charge on any atom is -0.370 e. The maximum absolute atomic E-state index is 12.5. The van der Waals surface area contributed by atoms with E-state index >= 15 is 0 Å². The fraction of sp³-hybridized carbons (Fsp3) is 0.500. The normalized spacial score (nSPS) is 20.3. The average Bonchev–Trinajstić information content (AvgIpc) is 2.48. The topological polar surface area (TPSA) is 95.3 Å².